The largest absolute Gasteiger partial charge is 0.349 e. The van der Waals surface area contributed by atoms with Gasteiger partial charge in [-0.1, -0.05) is 6.07 Å². The zero-order chi connectivity index (χ0) is 9.03. The number of aromatic nitrogens is 1. The predicted molar refractivity (Wildman–Crippen MR) is 50.6 cm³/mol. The lowest BCUT2D eigenvalue weighted by atomic mass is 10.1. The van der Waals surface area contributed by atoms with Gasteiger partial charge in [0, 0.05) is 32.2 Å². The second-order valence-corrected chi connectivity index (χ2v) is 2.60. The van der Waals surface area contributed by atoms with Crippen LogP contribution in [-0.2, 0) is 15.3 Å². The highest BCUT2D eigenvalue weighted by Gasteiger charge is 2.25. The Morgan fingerprint density at radius 1 is 1.31 bits per heavy atom. The van der Waals surface area contributed by atoms with Gasteiger partial charge in [-0.25, -0.2) is 0 Å². The minimum Gasteiger partial charge on any atom is -0.349 e. The highest BCUT2D eigenvalue weighted by molar-refractivity contribution is 5.14. The van der Waals surface area contributed by atoms with Crippen LogP contribution in [-0.4, -0.2) is 19.2 Å². The maximum absolute atomic E-state index is 5.21. The Labute approximate surface area is 78.5 Å². The molecule has 0 amide bonds. The minimum absolute atomic E-state index is 0. The van der Waals surface area contributed by atoms with Crippen molar-refractivity contribution in [1.29, 1.82) is 0 Å². The number of ether oxygens (including phenoxy) is 2. The number of rotatable bonds is 3. The summed E-state index contributed by atoms with van der Waals surface area (Å²) in [6.45, 7) is 1.85. The molecule has 0 aliphatic rings. The van der Waals surface area contributed by atoms with Crippen LogP contribution in [0.25, 0.3) is 0 Å². The van der Waals surface area contributed by atoms with Crippen molar-refractivity contribution in [2.24, 2.45) is 0 Å². The van der Waals surface area contributed by atoms with Gasteiger partial charge in [-0.3, -0.25) is 4.98 Å². The molecule has 74 valence electrons. The summed E-state index contributed by atoms with van der Waals surface area (Å²) in [5.41, 5.74) is 0.912. The van der Waals surface area contributed by atoms with E-state index in [-0.39, 0.29) is 6.15 Å². The summed E-state index contributed by atoms with van der Waals surface area (Å²) in [6.07, 6.45) is 3.45. The van der Waals surface area contributed by atoms with Gasteiger partial charge in [0.15, 0.2) is 5.79 Å². The molecule has 1 aromatic heterocycles. The van der Waals surface area contributed by atoms with E-state index in [4.69, 9.17) is 9.47 Å². The molecule has 0 aliphatic carbocycles. The van der Waals surface area contributed by atoms with Crippen molar-refractivity contribution in [3.8, 4) is 0 Å². The first-order chi connectivity index (χ1) is 5.73. The number of methoxy groups -OCH3 is 2. The van der Waals surface area contributed by atoms with Gasteiger partial charge in [-0.15, -0.1) is 0 Å². The molecule has 13 heavy (non-hydrogen) atoms. The van der Waals surface area contributed by atoms with Crippen molar-refractivity contribution in [2.75, 3.05) is 14.2 Å². The van der Waals surface area contributed by atoms with Crippen LogP contribution in [0.4, 0.5) is 0 Å². The summed E-state index contributed by atoms with van der Waals surface area (Å²) in [7, 11) is 3.22. The Kier molecular flexibility index (Phi) is 4.55. The van der Waals surface area contributed by atoms with E-state index in [0.717, 1.165) is 5.56 Å². The van der Waals surface area contributed by atoms with Gasteiger partial charge < -0.3 is 15.6 Å². The molecular formula is C9H16N2O2. The highest BCUT2D eigenvalue weighted by Crippen LogP contribution is 2.23. The van der Waals surface area contributed by atoms with Gasteiger partial charge in [-0.05, 0) is 13.0 Å². The first-order valence-corrected chi connectivity index (χ1v) is 3.74. The molecule has 0 aromatic carbocycles. The molecule has 0 radical (unpaired) electrons. The van der Waals surface area contributed by atoms with Crippen LogP contribution < -0.4 is 6.15 Å². The van der Waals surface area contributed by atoms with Crippen LogP contribution in [0.3, 0.4) is 0 Å². The van der Waals surface area contributed by atoms with Crippen molar-refractivity contribution in [3.63, 3.8) is 0 Å². The monoisotopic (exact) mass is 184 g/mol. The summed E-state index contributed by atoms with van der Waals surface area (Å²) in [5, 5.41) is 0. The summed E-state index contributed by atoms with van der Waals surface area (Å²) in [6, 6.07) is 3.77. The third kappa shape index (κ3) is 2.48. The van der Waals surface area contributed by atoms with E-state index in [1.807, 2.05) is 19.1 Å². The van der Waals surface area contributed by atoms with E-state index in [9.17, 15) is 0 Å². The summed E-state index contributed by atoms with van der Waals surface area (Å²) in [4.78, 5) is 3.99. The second kappa shape index (κ2) is 4.91. The van der Waals surface area contributed by atoms with E-state index >= 15 is 0 Å². The topological polar surface area (TPSA) is 66.3 Å². The molecule has 1 aromatic rings. The molecule has 0 bridgehead atoms. The molecule has 0 saturated heterocycles. The number of nitrogens with zero attached hydrogens (tertiary/aromatic N) is 1. The molecule has 4 nitrogen and oxygen atoms in total. The van der Waals surface area contributed by atoms with Crippen molar-refractivity contribution >= 4 is 0 Å². The molecule has 0 fully saturated rings. The summed E-state index contributed by atoms with van der Waals surface area (Å²) < 4.78 is 10.4. The van der Waals surface area contributed by atoms with Crippen LogP contribution in [0.1, 0.15) is 12.5 Å². The van der Waals surface area contributed by atoms with Gasteiger partial charge in [0.1, 0.15) is 0 Å². The van der Waals surface area contributed by atoms with E-state index < -0.39 is 5.79 Å². The lowest BCUT2D eigenvalue weighted by Crippen LogP contribution is -2.26. The first kappa shape index (κ1) is 12.0. The lowest BCUT2D eigenvalue weighted by Gasteiger charge is -2.26. The Hall–Kier alpha value is -0.970. The first-order valence-electron chi connectivity index (χ1n) is 3.74. The minimum atomic E-state index is -0.686. The smallest absolute Gasteiger partial charge is 0.192 e. The van der Waals surface area contributed by atoms with Gasteiger partial charge in [-0.2, -0.15) is 0 Å². The van der Waals surface area contributed by atoms with Gasteiger partial charge in [0.2, 0.25) is 0 Å². The lowest BCUT2D eigenvalue weighted by molar-refractivity contribution is -0.202. The van der Waals surface area contributed by atoms with E-state index in [0.29, 0.717) is 0 Å². The Balaban J connectivity index is 0.00000144. The molecule has 1 heterocycles. The van der Waals surface area contributed by atoms with Crippen LogP contribution in [0.2, 0.25) is 0 Å². The molecule has 0 atom stereocenters. The van der Waals surface area contributed by atoms with Gasteiger partial charge in [0.25, 0.3) is 0 Å². The third-order valence-electron chi connectivity index (χ3n) is 1.96. The zero-order valence-electron chi connectivity index (χ0n) is 8.28. The van der Waals surface area contributed by atoms with Crippen molar-refractivity contribution < 1.29 is 9.47 Å². The van der Waals surface area contributed by atoms with E-state index in [1.165, 1.54) is 0 Å². The van der Waals surface area contributed by atoms with Gasteiger partial charge >= 0.3 is 0 Å². The van der Waals surface area contributed by atoms with Crippen LogP contribution in [0.5, 0.6) is 0 Å². The average molecular weight is 184 g/mol. The van der Waals surface area contributed by atoms with Crippen molar-refractivity contribution in [2.45, 2.75) is 12.7 Å². The molecular weight excluding hydrogens is 168 g/mol. The molecule has 0 spiro atoms. The normalized spacial score (nSPS) is 10.7. The second-order valence-electron chi connectivity index (χ2n) is 2.60. The third-order valence-corrected chi connectivity index (χ3v) is 1.96. The SMILES string of the molecule is COC(C)(OC)c1cccnc1.N. The summed E-state index contributed by atoms with van der Waals surface area (Å²) >= 11 is 0. The standard InChI is InChI=1S/C9H13NO2.H3N/c1-9(11-2,12-3)8-5-4-6-10-7-8;/h4-7H,1-3H3;1H3. The van der Waals surface area contributed by atoms with Gasteiger partial charge in [0.05, 0.1) is 0 Å². The van der Waals surface area contributed by atoms with Crippen molar-refractivity contribution in [3.05, 3.63) is 30.1 Å². The number of pyridine rings is 1. The quantitative estimate of drug-likeness (QED) is 0.726. The number of hydrogen-bond acceptors (Lipinski definition) is 4. The van der Waals surface area contributed by atoms with Crippen LogP contribution in [0.15, 0.2) is 24.5 Å². The molecule has 1 rings (SSSR count). The molecule has 3 N–H and O–H groups in total. The van der Waals surface area contributed by atoms with Crippen LogP contribution >= 0.6 is 0 Å². The Bertz CT molecular complexity index is 235. The predicted octanol–water partition coefficient (Wildman–Crippen LogP) is 1.71. The molecule has 4 heteroatoms. The Morgan fingerprint density at radius 2 is 1.92 bits per heavy atom. The Morgan fingerprint density at radius 3 is 2.31 bits per heavy atom. The van der Waals surface area contributed by atoms with Crippen molar-refractivity contribution in [1.82, 2.24) is 11.1 Å². The maximum Gasteiger partial charge on any atom is 0.192 e. The van der Waals surface area contributed by atoms with E-state index in [1.54, 1.807) is 26.6 Å². The number of hydrogen-bond donors (Lipinski definition) is 1. The highest BCUT2D eigenvalue weighted by atomic mass is 16.7. The molecule has 0 saturated carbocycles. The molecule has 0 unspecified atom stereocenters. The molecule has 0 aliphatic heterocycles. The van der Waals surface area contributed by atoms with Crippen LogP contribution in [0, 0.1) is 0 Å². The zero-order valence-corrected chi connectivity index (χ0v) is 8.28. The van der Waals surface area contributed by atoms with E-state index in [2.05, 4.69) is 4.98 Å². The summed E-state index contributed by atoms with van der Waals surface area (Å²) in [5.74, 6) is -0.686. The fourth-order valence-electron chi connectivity index (χ4n) is 0.950. The fraction of sp³-hybridized carbons (Fsp3) is 0.444. The average Bonchev–Trinajstić information content (AvgIpc) is 2.18. The maximum atomic E-state index is 5.21. The fourth-order valence-corrected chi connectivity index (χ4v) is 0.950.